The number of fused-ring (bicyclic) bond motifs is 1. The number of aromatic nitrogens is 3. The Morgan fingerprint density at radius 2 is 0.965 bits per heavy atom. The molecule has 3 heterocycles. The number of H-pyrrole nitrogens is 2. The quantitative estimate of drug-likeness (QED) is 0.0316. The lowest BCUT2D eigenvalue weighted by Gasteiger charge is -2.33. The van der Waals surface area contributed by atoms with E-state index in [2.05, 4.69) is 68.1 Å². The Balaban J connectivity index is 1.19. The third-order valence-corrected chi connectivity index (χ3v) is 21.6. The molecule has 6 rings (SSSR count). The van der Waals surface area contributed by atoms with Gasteiger partial charge in [-0.3, -0.25) is 91.5 Å². The molecule has 0 unspecified atom stereocenters. The van der Waals surface area contributed by atoms with Crippen LogP contribution in [-0.2, 0) is 84.8 Å². The lowest BCUT2D eigenvalue weighted by atomic mass is 9.83. The number of hydrogen-bond acceptors (Lipinski definition) is 21. The number of thioether (sulfide) groups is 1. The minimum atomic E-state index is -1.57. The highest BCUT2D eigenvalue weighted by atomic mass is 32.2. The van der Waals surface area contributed by atoms with Gasteiger partial charge in [0.2, 0.25) is 70.9 Å². The predicted octanol–water partition coefficient (Wildman–Crippen LogP) is -1.20. The molecule has 2 saturated carbocycles. The van der Waals surface area contributed by atoms with Crippen LogP contribution in [-0.4, -0.2) is 290 Å². The predicted molar refractivity (Wildman–Crippen MR) is 426 cm³/mol. The highest BCUT2D eigenvalue weighted by Crippen LogP contribution is 2.30. The number of aromatic amines is 2. The number of carboxylic acid groups (broad SMARTS) is 3. The number of imidazole rings is 1. The van der Waals surface area contributed by atoms with Gasteiger partial charge in [0.05, 0.1) is 39.1 Å². The number of rotatable bonds is 45. The largest absolute Gasteiger partial charge is 0.480 e. The van der Waals surface area contributed by atoms with E-state index in [-0.39, 0.29) is 141 Å². The summed E-state index contributed by atoms with van der Waals surface area (Å²) in [5.41, 5.74) is 13.0. The Morgan fingerprint density at radius 1 is 0.504 bits per heavy atom. The minimum absolute atomic E-state index is 0.00153. The maximum atomic E-state index is 15.1. The van der Waals surface area contributed by atoms with Gasteiger partial charge in [-0.25, -0.2) is 4.98 Å². The number of aliphatic carboxylic acids is 3. The van der Waals surface area contributed by atoms with Crippen molar-refractivity contribution >= 4 is 111 Å². The topological polar surface area (TPSA) is 547 Å². The summed E-state index contributed by atoms with van der Waals surface area (Å²) in [5, 5.41) is 57.1. The van der Waals surface area contributed by atoms with E-state index in [0.29, 0.717) is 40.8 Å². The molecule has 2 aliphatic carbocycles. The van der Waals surface area contributed by atoms with E-state index in [9.17, 15) is 72.9 Å². The molecule has 1 saturated heterocycles. The van der Waals surface area contributed by atoms with Gasteiger partial charge in [-0.05, 0) is 86.3 Å². The Morgan fingerprint density at radius 3 is 1.47 bits per heavy atom. The summed E-state index contributed by atoms with van der Waals surface area (Å²) in [5.74, 6) is -13.1. The van der Waals surface area contributed by atoms with Crippen molar-refractivity contribution in [2.75, 3.05) is 97.1 Å². The molecule has 638 valence electrons. The number of nitrogens with one attached hydrogen (secondary N) is 12. The first-order chi connectivity index (χ1) is 54.7. The molecule has 2 aromatic heterocycles. The number of carboxylic acids is 3. The second-order valence-corrected chi connectivity index (χ2v) is 32.1. The number of hydrogen-bond donors (Lipinski definition) is 17. The van der Waals surface area contributed by atoms with E-state index in [0.717, 1.165) is 51.4 Å². The van der Waals surface area contributed by atoms with Crippen LogP contribution < -0.4 is 64.6 Å². The fourth-order valence-corrected chi connectivity index (χ4v) is 15.1. The number of amides is 12. The number of carbonyl (C=O) groups excluding carboxylic acids is 12. The lowest BCUT2D eigenvalue weighted by Crippen LogP contribution is -2.60. The zero-order chi connectivity index (χ0) is 84.3. The SMILES string of the molecule is CSCC[C@H](NC(=O)[C@H](CC(C)C)NC(=O)[C@H](Cc1cnc[nH]1)NC(=O)CNC(=O)[C@@H](NC(=O)[C@H](C)NC(=O)[C@H](Cc1c[nH]c2ccccc12)NC(=O)[C@H](CCC(N)=O)NC(=O)[C@H](CC1CCCCC1)NC(=O)[C@H](CC1CCCCC1)NC(=O)CN1CCN(CC(=O)O)CCN(CC(=O)O)CCN(CC(=O)O)CC1)C(C)C)C(N)=O. The normalized spacial score (nSPS) is 17.7. The average Bonchev–Trinajstić information content (AvgIpc) is 1.66. The molecule has 3 aliphatic rings. The van der Waals surface area contributed by atoms with Gasteiger partial charge < -0.3 is 89.9 Å². The van der Waals surface area contributed by atoms with Crippen molar-refractivity contribution in [2.24, 2.45) is 35.1 Å². The van der Waals surface area contributed by atoms with E-state index in [1.165, 1.54) is 31.2 Å². The highest BCUT2D eigenvalue weighted by molar-refractivity contribution is 7.98. The summed E-state index contributed by atoms with van der Waals surface area (Å²) in [6.07, 6.45) is 14.2. The molecule has 1 aromatic carbocycles. The van der Waals surface area contributed by atoms with Gasteiger partial charge in [0.25, 0.3) is 0 Å². The Bertz CT molecular complexity index is 3710. The zero-order valence-electron chi connectivity index (χ0n) is 66.9. The van der Waals surface area contributed by atoms with Crippen molar-refractivity contribution in [3.8, 4) is 0 Å². The monoisotopic (exact) mass is 1630 g/mol. The first-order valence-electron chi connectivity index (χ1n) is 39.9. The van der Waals surface area contributed by atoms with Gasteiger partial charge >= 0.3 is 17.9 Å². The summed E-state index contributed by atoms with van der Waals surface area (Å²) >= 11 is 1.45. The molecule has 3 aromatic rings. The van der Waals surface area contributed by atoms with Crippen LogP contribution in [0.2, 0.25) is 0 Å². The molecule has 9 atom stereocenters. The van der Waals surface area contributed by atoms with Gasteiger partial charge in [-0.15, -0.1) is 0 Å². The van der Waals surface area contributed by atoms with Crippen LogP contribution in [0.5, 0.6) is 0 Å². The fourth-order valence-electron chi connectivity index (χ4n) is 14.6. The first-order valence-corrected chi connectivity index (χ1v) is 41.3. The van der Waals surface area contributed by atoms with Gasteiger partial charge in [0.1, 0.15) is 54.4 Å². The zero-order valence-corrected chi connectivity index (χ0v) is 67.8. The average molecular weight is 1630 g/mol. The van der Waals surface area contributed by atoms with Crippen LogP contribution in [0.15, 0.2) is 43.0 Å². The van der Waals surface area contributed by atoms with Gasteiger partial charge in [-0.1, -0.05) is 110 Å². The number of para-hydroxylation sites is 1. The Hall–Kier alpha value is -9.79. The lowest BCUT2D eigenvalue weighted by molar-refractivity contribution is -0.140. The van der Waals surface area contributed by atoms with E-state index >= 15 is 14.4 Å². The fraction of sp³-hybridized carbons (Fsp3) is 0.662. The van der Waals surface area contributed by atoms with E-state index in [1.54, 1.807) is 63.9 Å². The van der Waals surface area contributed by atoms with Crippen molar-refractivity contribution in [1.29, 1.82) is 0 Å². The molecule has 38 heteroatoms. The van der Waals surface area contributed by atoms with E-state index in [4.69, 9.17) is 11.5 Å². The summed E-state index contributed by atoms with van der Waals surface area (Å²) in [6.45, 7) is 7.29. The summed E-state index contributed by atoms with van der Waals surface area (Å²) in [4.78, 5) is 222. The van der Waals surface area contributed by atoms with Gasteiger partial charge in [-0.2, -0.15) is 11.8 Å². The number of primary amides is 2. The van der Waals surface area contributed by atoms with Gasteiger partial charge in [0, 0.05) is 101 Å². The van der Waals surface area contributed by atoms with Crippen LogP contribution in [0.25, 0.3) is 10.9 Å². The molecular weight excluding hydrogens is 1510 g/mol. The standard InChI is InChI=1S/C77H121N19O18S/c1-46(2)33-57(73(110)87-55(69(79)106)23-32-115-6)89-76(113)61(37-52-39-80-45-83-52)85-63(98)40-82-77(114)68(47(3)4)92-70(107)48(5)84-72(109)60(36-51-38-81-54-20-14-13-19-53(51)54)91-71(108)56(21-22-62(78)97)88-75(112)59(35-50-17-11-8-12-18-50)90-74(111)58(34-49-15-9-7-10-16-49)86-64(99)41-93-24-26-94(42-65(100)101)28-30-96(44-67(104)105)31-29-95(27-25-93)43-66(102)103/h13-14,19-20,38-39,45-50,55-61,68,81H,7-12,15-18,21-37,40-44H2,1-6H3,(H2,78,97)(H2,79,106)(H,80,83)(H,82,114)(H,84,109)(H,85,98)(H,86,99)(H,87,110)(H,88,112)(H,89,113)(H,90,111)(H,91,108)(H,92,107)(H,100,101)(H,102,103)(H,104,105)/t48-,55-,56-,57-,58-,59-,60-,61-,68-/m0/s1. The van der Waals surface area contributed by atoms with Crippen molar-refractivity contribution in [1.82, 2.24) is 87.7 Å². The van der Waals surface area contributed by atoms with Crippen molar-refractivity contribution in [3.63, 3.8) is 0 Å². The molecule has 3 fully saturated rings. The Kier molecular flexibility index (Phi) is 39.7. The van der Waals surface area contributed by atoms with E-state index in [1.807, 2.05) is 20.1 Å². The third kappa shape index (κ3) is 33.9. The second-order valence-electron chi connectivity index (χ2n) is 31.2. The van der Waals surface area contributed by atoms with Gasteiger partial charge in [0.15, 0.2) is 0 Å². The van der Waals surface area contributed by atoms with Crippen molar-refractivity contribution in [2.45, 2.75) is 205 Å². The first kappa shape index (κ1) is 94.1. The number of carbonyl (C=O) groups is 15. The summed E-state index contributed by atoms with van der Waals surface area (Å²) in [6, 6.07) is -4.65. The smallest absolute Gasteiger partial charge is 0.317 e. The molecule has 115 heavy (non-hydrogen) atoms. The molecule has 0 spiro atoms. The number of benzene rings is 1. The molecule has 37 nitrogen and oxygen atoms in total. The molecule has 19 N–H and O–H groups in total. The summed E-state index contributed by atoms with van der Waals surface area (Å²) in [7, 11) is 0. The number of nitrogens with zero attached hydrogens (tertiary/aromatic N) is 5. The molecule has 1 aliphatic heterocycles. The summed E-state index contributed by atoms with van der Waals surface area (Å²) < 4.78 is 0. The van der Waals surface area contributed by atoms with Crippen molar-refractivity contribution < 1.29 is 87.2 Å². The molecule has 12 amide bonds. The molecular formula is C77H121N19O18S. The molecule has 0 radical (unpaired) electrons. The Labute approximate surface area is 674 Å². The van der Waals surface area contributed by atoms with Crippen LogP contribution in [0.1, 0.15) is 149 Å². The maximum Gasteiger partial charge on any atom is 0.317 e. The van der Waals surface area contributed by atoms with Crippen LogP contribution in [0, 0.1) is 23.7 Å². The molecule has 0 bridgehead atoms. The van der Waals surface area contributed by atoms with Crippen molar-refractivity contribution in [3.05, 3.63) is 54.2 Å². The van der Waals surface area contributed by atoms with Crippen LogP contribution >= 0.6 is 11.8 Å². The maximum absolute atomic E-state index is 15.1. The highest BCUT2D eigenvalue weighted by Gasteiger charge is 2.38. The van der Waals surface area contributed by atoms with Crippen LogP contribution in [0.4, 0.5) is 0 Å². The second kappa shape index (κ2) is 48.6. The van der Waals surface area contributed by atoms with Crippen LogP contribution in [0.3, 0.4) is 0 Å². The number of nitrogens with two attached hydrogens (primary N) is 2. The minimum Gasteiger partial charge on any atom is -0.480 e. The third-order valence-electron chi connectivity index (χ3n) is 21.0. The van der Waals surface area contributed by atoms with E-state index < -0.39 is 162 Å².